The van der Waals surface area contributed by atoms with Crippen LogP contribution < -0.4 is 0 Å². The van der Waals surface area contributed by atoms with Gasteiger partial charge in [-0.1, -0.05) is 13.8 Å². The van der Waals surface area contributed by atoms with E-state index >= 15 is 0 Å². The molecule has 1 atom stereocenters. The first-order valence-corrected chi connectivity index (χ1v) is 4.08. The van der Waals surface area contributed by atoms with E-state index in [1.807, 2.05) is 0 Å². The number of amides is 1. The minimum absolute atomic E-state index is 0.241. The summed E-state index contributed by atoms with van der Waals surface area (Å²) in [6.45, 7) is 4.27. The highest BCUT2D eigenvalue weighted by molar-refractivity contribution is 14.1. The SMILES string of the molecule is CC(C)CC1C(=O)N1I. The van der Waals surface area contributed by atoms with Gasteiger partial charge in [-0.2, -0.15) is 0 Å². The van der Waals surface area contributed by atoms with E-state index in [0.29, 0.717) is 11.8 Å². The third-order valence-electron chi connectivity index (χ3n) is 1.40. The van der Waals surface area contributed by atoms with Crippen molar-refractivity contribution in [3.8, 4) is 0 Å². The lowest BCUT2D eigenvalue weighted by atomic mass is 10.1. The summed E-state index contributed by atoms with van der Waals surface area (Å²) >= 11 is 2.06. The van der Waals surface area contributed by atoms with Gasteiger partial charge < -0.3 is 0 Å². The molecular formula is C6H10INO. The average Bonchev–Trinajstić information content (AvgIpc) is 2.22. The fraction of sp³-hybridized carbons (Fsp3) is 0.833. The van der Waals surface area contributed by atoms with Gasteiger partial charge in [-0.3, -0.25) is 7.91 Å². The van der Waals surface area contributed by atoms with Crippen molar-refractivity contribution in [3.05, 3.63) is 0 Å². The van der Waals surface area contributed by atoms with E-state index in [4.69, 9.17) is 0 Å². The Labute approximate surface area is 69.1 Å². The largest absolute Gasteiger partial charge is 0.272 e. The molecule has 1 fully saturated rings. The molecule has 1 amide bonds. The predicted octanol–water partition coefficient (Wildman–Crippen LogP) is 1.59. The smallest absolute Gasteiger partial charge is 0.255 e. The van der Waals surface area contributed by atoms with Gasteiger partial charge in [0.05, 0.1) is 22.9 Å². The van der Waals surface area contributed by atoms with Gasteiger partial charge in [0, 0.05) is 0 Å². The van der Waals surface area contributed by atoms with Crippen molar-refractivity contribution in [2.45, 2.75) is 26.3 Å². The number of hydrogen-bond acceptors (Lipinski definition) is 1. The van der Waals surface area contributed by atoms with Crippen LogP contribution in [0.1, 0.15) is 20.3 Å². The van der Waals surface area contributed by atoms with Gasteiger partial charge in [0.25, 0.3) is 5.91 Å². The van der Waals surface area contributed by atoms with E-state index in [2.05, 4.69) is 36.7 Å². The van der Waals surface area contributed by atoms with Crippen molar-refractivity contribution in [3.63, 3.8) is 0 Å². The van der Waals surface area contributed by atoms with E-state index in [-0.39, 0.29) is 6.04 Å². The van der Waals surface area contributed by atoms with Crippen molar-refractivity contribution < 1.29 is 4.79 Å². The third kappa shape index (κ3) is 1.56. The molecule has 0 spiro atoms. The highest BCUT2D eigenvalue weighted by atomic mass is 127. The summed E-state index contributed by atoms with van der Waals surface area (Å²) in [7, 11) is 0. The highest BCUT2D eigenvalue weighted by Gasteiger charge is 2.43. The van der Waals surface area contributed by atoms with Gasteiger partial charge in [0.1, 0.15) is 6.04 Å². The molecule has 0 N–H and O–H groups in total. The van der Waals surface area contributed by atoms with Crippen LogP contribution >= 0.6 is 22.9 Å². The molecule has 9 heavy (non-hydrogen) atoms. The third-order valence-corrected chi connectivity index (χ3v) is 2.54. The van der Waals surface area contributed by atoms with Gasteiger partial charge in [-0.15, -0.1) is 0 Å². The fourth-order valence-corrected chi connectivity index (χ4v) is 1.50. The molecule has 1 unspecified atom stereocenters. The molecule has 0 saturated carbocycles. The minimum Gasteiger partial charge on any atom is -0.272 e. The van der Waals surface area contributed by atoms with Crippen LogP contribution in [0.4, 0.5) is 0 Å². The van der Waals surface area contributed by atoms with Crippen molar-refractivity contribution >= 4 is 28.8 Å². The van der Waals surface area contributed by atoms with Gasteiger partial charge >= 0.3 is 0 Å². The van der Waals surface area contributed by atoms with Crippen molar-refractivity contribution in [1.29, 1.82) is 0 Å². The Hall–Kier alpha value is 0.200. The summed E-state index contributed by atoms with van der Waals surface area (Å²) in [6.07, 6.45) is 1.02. The lowest BCUT2D eigenvalue weighted by Gasteiger charge is -1.97. The van der Waals surface area contributed by atoms with Crippen LogP contribution in [0.5, 0.6) is 0 Å². The van der Waals surface area contributed by atoms with Crippen molar-refractivity contribution in [2.75, 3.05) is 0 Å². The molecule has 1 rings (SSSR count). The summed E-state index contributed by atoms with van der Waals surface area (Å²) in [6, 6.07) is 0.241. The number of rotatable bonds is 2. The van der Waals surface area contributed by atoms with Crippen LogP contribution in [-0.2, 0) is 4.79 Å². The molecule has 1 heterocycles. The molecule has 0 aliphatic carbocycles. The highest BCUT2D eigenvalue weighted by Crippen LogP contribution is 2.30. The van der Waals surface area contributed by atoms with Crippen LogP contribution in [0.15, 0.2) is 0 Å². The van der Waals surface area contributed by atoms with Crippen LogP contribution in [0.3, 0.4) is 0 Å². The molecule has 0 aromatic heterocycles. The van der Waals surface area contributed by atoms with E-state index < -0.39 is 0 Å². The monoisotopic (exact) mass is 239 g/mol. The van der Waals surface area contributed by atoms with Crippen molar-refractivity contribution in [2.24, 2.45) is 5.92 Å². The zero-order valence-electron chi connectivity index (χ0n) is 5.60. The molecule has 0 radical (unpaired) electrons. The zero-order valence-corrected chi connectivity index (χ0v) is 7.75. The molecule has 0 bridgehead atoms. The van der Waals surface area contributed by atoms with E-state index in [1.54, 1.807) is 3.11 Å². The second kappa shape index (κ2) is 2.44. The van der Waals surface area contributed by atoms with Gasteiger partial charge in [-0.25, -0.2) is 0 Å². The Morgan fingerprint density at radius 1 is 1.78 bits per heavy atom. The second-order valence-electron chi connectivity index (χ2n) is 2.79. The van der Waals surface area contributed by atoms with Crippen LogP contribution in [0, 0.1) is 5.92 Å². The Balaban J connectivity index is 2.25. The number of carbonyl (C=O) groups excluding carboxylic acids is 1. The summed E-state index contributed by atoms with van der Waals surface area (Å²) in [4.78, 5) is 10.7. The van der Waals surface area contributed by atoms with Crippen molar-refractivity contribution in [1.82, 2.24) is 3.11 Å². The lowest BCUT2D eigenvalue weighted by Crippen LogP contribution is -1.96. The normalized spacial score (nSPS) is 25.6. The average molecular weight is 239 g/mol. The lowest BCUT2D eigenvalue weighted by molar-refractivity contribution is -0.112. The van der Waals surface area contributed by atoms with Gasteiger partial charge in [0.2, 0.25) is 0 Å². The molecule has 2 nitrogen and oxygen atoms in total. The van der Waals surface area contributed by atoms with Gasteiger partial charge in [-0.05, 0) is 12.3 Å². The standard InChI is InChI=1S/C6H10INO/c1-4(2)3-5-6(9)8(5)7/h4-5H,3H2,1-2H3. The summed E-state index contributed by atoms with van der Waals surface area (Å²) < 4.78 is 1.76. The molecule has 52 valence electrons. The molecular weight excluding hydrogens is 229 g/mol. The maximum atomic E-state index is 10.7. The molecule has 0 aromatic carbocycles. The first kappa shape index (κ1) is 7.31. The molecule has 1 aliphatic heterocycles. The Kier molecular flexibility index (Phi) is 1.98. The number of nitrogens with zero attached hydrogens (tertiary/aromatic N) is 1. The Morgan fingerprint density at radius 3 is 2.33 bits per heavy atom. The summed E-state index contributed by atoms with van der Waals surface area (Å²) in [5.41, 5.74) is 0. The number of hydrogen-bond donors (Lipinski definition) is 0. The minimum atomic E-state index is 0.241. The van der Waals surface area contributed by atoms with Crippen LogP contribution in [0.2, 0.25) is 0 Å². The molecule has 3 heteroatoms. The van der Waals surface area contributed by atoms with E-state index in [9.17, 15) is 4.79 Å². The predicted molar refractivity (Wildman–Crippen MR) is 44.1 cm³/mol. The first-order valence-electron chi connectivity index (χ1n) is 3.11. The quantitative estimate of drug-likeness (QED) is 0.407. The zero-order chi connectivity index (χ0) is 7.02. The van der Waals surface area contributed by atoms with Crippen LogP contribution in [0.25, 0.3) is 0 Å². The van der Waals surface area contributed by atoms with Crippen LogP contribution in [-0.4, -0.2) is 15.1 Å². The Morgan fingerprint density at radius 2 is 2.22 bits per heavy atom. The topological polar surface area (TPSA) is 20.1 Å². The molecule has 1 saturated heterocycles. The van der Waals surface area contributed by atoms with Gasteiger partial charge in [0.15, 0.2) is 0 Å². The molecule has 0 aromatic rings. The summed E-state index contributed by atoms with van der Waals surface area (Å²) in [5, 5.41) is 0. The summed E-state index contributed by atoms with van der Waals surface area (Å²) in [5.74, 6) is 0.933. The molecule has 1 aliphatic rings. The second-order valence-corrected chi connectivity index (χ2v) is 3.83. The maximum Gasteiger partial charge on any atom is 0.255 e. The number of carbonyl (C=O) groups is 1. The fourth-order valence-electron chi connectivity index (χ4n) is 0.832. The van der Waals surface area contributed by atoms with E-state index in [0.717, 1.165) is 6.42 Å². The first-order chi connectivity index (χ1) is 4.13. The maximum absolute atomic E-state index is 10.7. The van der Waals surface area contributed by atoms with E-state index in [1.165, 1.54) is 0 Å². The number of halogens is 1. The Bertz CT molecular complexity index is 135.